The van der Waals surface area contributed by atoms with Crippen molar-refractivity contribution in [2.45, 2.75) is 112 Å². The second-order valence-corrected chi connectivity index (χ2v) is 8.96. The topological polar surface area (TPSA) is 17.1 Å². The van der Waals surface area contributed by atoms with Crippen molar-refractivity contribution in [1.82, 2.24) is 0 Å². The van der Waals surface area contributed by atoms with Gasteiger partial charge < -0.3 is 0 Å². The molecule has 27 heavy (non-hydrogen) atoms. The number of carbonyl (C=O) groups is 1. The highest BCUT2D eigenvalue weighted by Gasteiger charge is 2.13. The molecule has 1 aliphatic carbocycles. The lowest BCUT2D eigenvalue weighted by atomic mass is 9.87. The average molecular weight is 373 g/mol. The first kappa shape index (κ1) is 23.9. The molecule has 1 aliphatic rings. The van der Waals surface area contributed by atoms with E-state index >= 15 is 0 Å². The van der Waals surface area contributed by atoms with E-state index in [9.17, 15) is 4.79 Å². The molecule has 0 radical (unpaired) electrons. The third kappa shape index (κ3) is 11.4. The van der Waals surface area contributed by atoms with Crippen molar-refractivity contribution < 1.29 is 4.79 Å². The molecule has 0 aromatic heterocycles. The van der Waals surface area contributed by atoms with Crippen molar-refractivity contribution in [3.8, 4) is 0 Å². The van der Waals surface area contributed by atoms with E-state index < -0.39 is 0 Å². The minimum atomic E-state index is 0.452. The van der Waals surface area contributed by atoms with Gasteiger partial charge in [0, 0.05) is 12.8 Å². The van der Waals surface area contributed by atoms with E-state index in [0.717, 1.165) is 38.0 Å². The van der Waals surface area contributed by atoms with E-state index in [4.69, 9.17) is 0 Å². The standard InChI is InChI=1S/C26H44O/c1-6-7-8-11-21(2)12-9-13-22(3)14-10-15-26(27)19-18-25-17-16-23(4)24(5)20-25/h12,16-17,22,24H,6-11,13-15,18-20H2,1-5H3. The molecule has 0 bridgehead atoms. The van der Waals surface area contributed by atoms with Crippen molar-refractivity contribution in [2.24, 2.45) is 11.8 Å². The van der Waals surface area contributed by atoms with E-state index in [-0.39, 0.29) is 0 Å². The zero-order valence-electron chi connectivity index (χ0n) is 18.8. The van der Waals surface area contributed by atoms with Crippen LogP contribution in [0.5, 0.6) is 0 Å². The first-order chi connectivity index (χ1) is 12.9. The highest BCUT2D eigenvalue weighted by Crippen LogP contribution is 2.27. The van der Waals surface area contributed by atoms with E-state index in [1.165, 1.54) is 56.1 Å². The van der Waals surface area contributed by atoms with Crippen LogP contribution in [0.25, 0.3) is 0 Å². The second-order valence-electron chi connectivity index (χ2n) is 8.96. The molecular weight excluding hydrogens is 328 g/mol. The van der Waals surface area contributed by atoms with Crippen LogP contribution in [-0.2, 0) is 4.79 Å². The summed E-state index contributed by atoms with van der Waals surface area (Å²) in [5.74, 6) is 1.83. The first-order valence-corrected chi connectivity index (χ1v) is 11.5. The largest absolute Gasteiger partial charge is 0.300 e. The molecule has 0 amide bonds. The van der Waals surface area contributed by atoms with Crippen molar-refractivity contribution in [2.75, 3.05) is 0 Å². The summed E-state index contributed by atoms with van der Waals surface area (Å²) in [5.41, 5.74) is 4.48. The van der Waals surface area contributed by atoms with Crippen LogP contribution in [0.15, 0.2) is 34.9 Å². The zero-order valence-corrected chi connectivity index (χ0v) is 18.8. The van der Waals surface area contributed by atoms with Gasteiger partial charge in [0.15, 0.2) is 0 Å². The Morgan fingerprint density at radius 3 is 2.63 bits per heavy atom. The third-order valence-electron chi connectivity index (χ3n) is 6.13. The number of unbranched alkanes of at least 4 members (excludes halogenated alkanes) is 2. The summed E-state index contributed by atoms with van der Waals surface area (Å²) in [6.45, 7) is 11.4. The molecule has 1 heteroatoms. The van der Waals surface area contributed by atoms with Crippen LogP contribution in [-0.4, -0.2) is 5.78 Å². The molecule has 0 aromatic carbocycles. The Balaban J connectivity index is 2.10. The minimum absolute atomic E-state index is 0.452. The van der Waals surface area contributed by atoms with Crippen molar-refractivity contribution in [3.63, 3.8) is 0 Å². The number of ketones is 1. The summed E-state index contributed by atoms with van der Waals surface area (Å²) < 4.78 is 0. The molecule has 0 aromatic rings. The fourth-order valence-electron chi connectivity index (χ4n) is 3.81. The normalized spacial score (nSPS) is 18.9. The van der Waals surface area contributed by atoms with Crippen LogP contribution in [0.3, 0.4) is 0 Å². The summed E-state index contributed by atoms with van der Waals surface area (Å²) in [6, 6.07) is 0. The van der Waals surface area contributed by atoms with E-state index in [0.29, 0.717) is 11.7 Å². The van der Waals surface area contributed by atoms with Gasteiger partial charge in [0.05, 0.1) is 0 Å². The summed E-state index contributed by atoms with van der Waals surface area (Å²) in [4.78, 5) is 12.2. The van der Waals surface area contributed by atoms with Gasteiger partial charge in [0.1, 0.15) is 5.78 Å². The lowest BCUT2D eigenvalue weighted by molar-refractivity contribution is -0.119. The maximum atomic E-state index is 12.2. The van der Waals surface area contributed by atoms with Gasteiger partial charge in [0.2, 0.25) is 0 Å². The molecule has 2 unspecified atom stereocenters. The van der Waals surface area contributed by atoms with Crippen molar-refractivity contribution in [1.29, 1.82) is 0 Å². The zero-order chi connectivity index (χ0) is 20.1. The van der Waals surface area contributed by atoms with Gasteiger partial charge in [-0.3, -0.25) is 4.79 Å². The Morgan fingerprint density at radius 2 is 1.93 bits per heavy atom. The van der Waals surface area contributed by atoms with Crippen LogP contribution < -0.4 is 0 Å². The highest BCUT2D eigenvalue weighted by molar-refractivity contribution is 5.78. The Bertz CT molecular complexity index is 520. The lowest BCUT2D eigenvalue weighted by Crippen LogP contribution is -2.06. The Morgan fingerprint density at radius 1 is 1.15 bits per heavy atom. The fraction of sp³-hybridized carbons (Fsp3) is 0.731. The predicted octanol–water partition coefficient (Wildman–Crippen LogP) is 8.36. The smallest absolute Gasteiger partial charge is 0.133 e. The third-order valence-corrected chi connectivity index (χ3v) is 6.13. The average Bonchev–Trinajstić information content (AvgIpc) is 2.63. The van der Waals surface area contributed by atoms with E-state index in [1.807, 2.05) is 0 Å². The molecule has 0 heterocycles. The maximum absolute atomic E-state index is 12.2. The van der Waals surface area contributed by atoms with Gasteiger partial charge in [0.25, 0.3) is 0 Å². The lowest BCUT2D eigenvalue weighted by Gasteiger charge is -2.19. The number of Topliss-reactive ketones (excluding diaryl/α,β-unsaturated/α-hetero) is 1. The van der Waals surface area contributed by atoms with Crippen molar-refractivity contribution >= 4 is 5.78 Å². The summed E-state index contributed by atoms with van der Waals surface area (Å²) in [7, 11) is 0. The molecule has 1 rings (SSSR count). The van der Waals surface area contributed by atoms with Gasteiger partial charge in [-0.05, 0) is 70.6 Å². The molecule has 0 fully saturated rings. The minimum Gasteiger partial charge on any atom is -0.300 e. The van der Waals surface area contributed by atoms with E-state index in [2.05, 4.69) is 52.8 Å². The van der Waals surface area contributed by atoms with Gasteiger partial charge >= 0.3 is 0 Å². The first-order valence-electron chi connectivity index (χ1n) is 11.5. The fourth-order valence-corrected chi connectivity index (χ4v) is 3.81. The Labute approximate surface area is 169 Å². The summed E-state index contributed by atoms with van der Waals surface area (Å²) >= 11 is 0. The van der Waals surface area contributed by atoms with Crippen LogP contribution in [0, 0.1) is 11.8 Å². The molecular formula is C26H44O. The molecule has 0 saturated heterocycles. The van der Waals surface area contributed by atoms with Crippen LogP contribution in [0.1, 0.15) is 112 Å². The molecule has 154 valence electrons. The summed E-state index contributed by atoms with van der Waals surface area (Å²) in [5, 5.41) is 0. The second kappa shape index (κ2) is 14.0. The van der Waals surface area contributed by atoms with E-state index in [1.54, 1.807) is 5.57 Å². The van der Waals surface area contributed by atoms with Gasteiger partial charge in [-0.15, -0.1) is 0 Å². The van der Waals surface area contributed by atoms with Crippen LogP contribution >= 0.6 is 0 Å². The molecule has 1 nitrogen and oxygen atoms in total. The molecule has 0 N–H and O–H groups in total. The number of hydrogen-bond donors (Lipinski definition) is 0. The maximum Gasteiger partial charge on any atom is 0.133 e. The molecule has 0 saturated carbocycles. The number of carbonyl (C=O) groups excluding carboxylic acids is 1. The van der Waals surface area contributed by atoms with Crippen LogP contribution in [0.4, 0.5) is 0 Å². The molecule has 0 aliphatic heterocycles. The SMILES string of the molecule is CCCCCC(C)=CCCC(C)CCCC(=O)CCC1=CC=C(C)C(C)C1. The molecule has 0 spiro atoms. The molecule has 2 atom stereocenters. The number of rotatable bonds is 14. The van der Waals surface area contributed by atoms with Gasteiger partial charge in [-0.2, -0.15) is 0 Å². The van der Waals surface area contributed by atoms with Gasteiger partial charge in [-0.25, -0.2) is 0 Å². The number of allylic oxidation sites excluding steroid dienone is 6. The summed E-state index contributed by atoms with van der Waals surface area (Å²) in [6.07, 6.45) is 20.5. The Kier molecular flexibility index (Phi) is 12.4. The monoisotopic (exact) mass is 372 g/mol. The predicted molar refractivity (Wildman–Crippen MR) is 120 cm³/mol. The Hall–Kier alpha value is -1.11. The highest BCUT2D eigenvalue weighted by atomic mass is 16.1. The van der Waals surface area contributed by atoms with Gasteiger partial charge in [-0.1, -0.05) is 75.0 Å². The van der Waals surface area contributed by atoms with Crippen LogP contribution in [0.2, 0.25) is 0 Å². The van der Waals surface area contributed by atoms with Crippen molar-refractivity contribution in [3.05, 3.63) is 34.9 Å². The quantitative estimate of drug-likeness (QED) is 0.221. The number of hydrogen-bond acceptors (Lipinski definition) is 1.